The van der Waals surface area contributed by atoms with Crippen molar-refractivity contribution in [1.82, 2.24) is 4.90 Å². The van der Waals surface area contributed by atoms with Crippen LogP contribution < -0.4 is 0 Å². The molecule has 1 aliphatic heterocycles. The Balaban J connectivity index is 2.48. The van der Waals surface area contributed by atoms with Crippen LogP contribution in [0.4, 0.5) is 0 Å². The van der Waals surface area contributed by atoms with Gasteiger partial charge in [0.25, 0.3) is 11.8 Å². The summed E-state index contributed by atoms with van der Waals surface area (Å²) < 4.78 is 5.64. The highest BCUT2D eigenvalue weighted by Gasteiger charge is 2.32. The molecule has 0 aliphatic carbocycles. The number of rotatable bonds is 7. The summed E-state index contributed by atoms with van der Waals surface area (Å²) in [6, 6.07) is 0. The summed E-state index contributed by atoms with van der Waals surface area (Å²) in [5.41, 5.74) is -1.58. The Morgan fingerprint density at radius 2 is 1.70 bits per heavy atom. The first-order valence-corrected chi connectivity index (χ1v) is 6.46. The van der Waals surface area contributed by atoms with Gasteiger partial charge in [0.2, 0.25) is 0 Å². The van der Waals surface area contributed by atoms with Gasteiger partial charge in [-0.05, 0) is 34.1 Å². The van der Waals surface area contributed by atoms with E-state index in [1.165, 1.54) is 12.2 Å². The molecule has 0 aromatic rings. The molecule has 6 nitrogen and oxygen atoms in total. The molecule has 0 aromatic heterocycles. The molecule has 0 aromatic carbocycles. The number of carboxylic acid groups (broad SMARTS) is 1. The molecule has 0 spiro atoms. The van der Waals surface area contributed by atoms with Crippen molar-refractivity contribution in [1.29, 1.82) is 0 Å². The van der Waals surface area contributed by atoms with E-state index in [1.807, 2.05) is 0 Å². The zero-order valence-corrected chi connectivity index (χ0v) is 12.3. The molecule has 1 heterocycles. The van der Waals surface area contributed by atoms with Crippen LogP contribution in [0.15, 0.2) is 12.2 Å². The van der Waals surface area contributed by atoms with E-state index < -0.39 is 17.0 Å². The molecule has 0 saturated heterocycles. The number of carboxylic acids is 1. The van der Waals surface area contributed by atoms with Gasteiger partial charge in [0.15, 0.2) is 0 Å². The van der Waals surface area contributed by atoms with Crippen LogP contribution in [-0.4, -0.2) is 46.5 Å². The predicted molar refractivity (Wildman–Crippen MR) is 71.9 cm³/mol. The van der Waals surface area contributed by atoms with Gasteiger partial charge in [-0.2, -0.15) is 0 Å². The number of aliphatic carboxylic acids is 1. The zero-order valence-electron chi connectivity index (χ0n) is 12.3. The van der Waals surface area contributed by atoms with Gasteiger partial charge in [-0.3, -0.25) is 19.3 Å². The predicted octanol–water partition coefficient (Wildman–Crippen LogP) is 1.21. The second-order valence-corrected chi connectivity index (χ2v) is 6.14. The molecule has 0 radical (unpaired) electrons. The fraction of sp³-hybridized carbons (Fsp3) is 0.643. The molecule has 0 saturated carbocycles. The maximum atomic E-state index is 11.5. The lowest BCUT2D eigenvalue weighted by Crippen LogP contribution is -2.44. The minimum absolute atomic E-state index is 0.144. The maximum absolute atomic E-state index is 11.5. The van der Waals surface area contributed by atoms with Crippen LogP contribution >= 0.6 is 0 Å². The second-order valence-electron chi connectivity index (χ2n) is 6.14. The van der Waals surface area contributed by atoms with Gasteiger partial charge in [-0.25, -0.2) is 0 Å². The molecule has 0 atom stereocenters. The Hall–Kier alpha value is -1.69. The first kappa shape index (κ1) is 16.4. The number of ether oxygens (including phenoxy) is 1. The number of amides is 2. The lowest BCUT2D eigenvalue weighted by molar-refractivity contribution is -0.149. The Kier molecular flexibility index (Phi) is 4.70. The average Bonchev–Trinajstić information content (AvgIpc) is 2.59. The lowest BCUT2D eigenvalue weighted by atomic mass is 9.90. The van der Waals surface area contributed by atoms with Gasteiger partial charge in [0, 0.05) is 18.8 Å². The fourth-order valence-electron chi connectivity index (χ4n) is 1.70. The number of hydrogen-bond acceptors (Lipinski definition) is 4. The summed E-state index contributed by atoms with van der Waals surface area (Å²) in [5, 5.41) is 9.01. The molecule has 112 valence electrons. The smallest absolute Gasteiger partial charge is 0.309 e. The van der Waals surface area contributed by atoms with Crippen molar-refractivity contribution in [2.75, 3.05) is 13.2 Å². The number of carbonyl (C=O) groups is 3. The van der Waals surface area contributed by atoms with Crippen LogP contribution in [0.3, 0.4) is 0 Å². The van der Waals surface area contributed by atoms with Crippen molar-refractivity contribution in [3.63, 3.8) is 0 Å². The summed E-state index contributed by atoms with van der Waals surface area (Å²) in [7, 11) is 0. The Labute approximate surface area is 118 Å². The Morgan fingerprint density at radius 1 is 1.20 bits per heavy atom. The first-order valence-electron chi connectivity index (χ1n) is 6.46. The first-order chi connectivity index (χ1) is 9.05. The van der Waals surface area contributed by atoms with Gasteiger partial charge < -0.3 is 9.84 Å². The summed E-state index contributed by atoms with van der Waals surface area (Å²) in [6.45, 7) is 7.17. The standard InChI is InChI=1S/C14H21NO5/c1-13(2,12(18)19)7-8-20-14(3,4)9-15-10(16)5-6-11(15)17/h5-6H,7-9H2,1-4H3,(H,18,19). The number of hydrogen-bond donors (Lipinski definition) is 1. The van der Waals surface area contributed by atoms with Crippen molar-refractivity contribution in [2.45, 2.75) is 39.7 Å². The molecular weight excluding hydrogens is 262 g/mol. The van der Waals surface area contributed by atoms with E-state index in [2.05, 4.69) is 0 Å². The average molecular weight is 283 g/mol. The van der Waals surface area contributed by atoms with Crippen LogP contribution in [0.25, 0.3) is 0 Å². The molecule has 0 bridgehead atoms. The third kappa shape index (κ3) is 4.16. The molecule has 0 fully saturated rings. The molecule has 0 unspecified atom stereocenters. The monoisotopic (exact) mass is 283 g/mol. The normalized spacial score (nSPS) is 16.1. The van der Waals surface area contributed by atoms with Gasteiger partial charge in [0.1, 0.15) is 0 Å². The molecule has 6 heteroatoms. The third-order valence-corrected chi connectivity index (χ3v) is 3.24. The highest BCUT2D eigenvalue weighted by molar-refractivity contribution is 6.12. The largest absolute Gasteiger partial charge is 0.481 e. The number of nitrogens with zero attached hydrogens (tertiary/aromatic N) is 1. The van der Waals surface area contributed by atoms with E-state index in [4.69, 9.17) is 9.84 Å². The minimum atomic E-state index is -0.881. The molecule has 1 N–H and O–H groups in total. The Morgan fingerprint density at radius 3 is 2.15 bits per heavy atom. The molecule has 1 aliphatic rings. The molecule has 1 rings (SSSR count). The molecule has 20 heavy (non-hydrogen) atoms. The SMILES string of the molecule is CC(C)(CN1C(=O)C=CC1=O)OCCC(C)(C)C(=O)O. The summed E-state index contributed by atoms with van der Waals surface area (Å²) >= 11 is 0. The van der Waals surface area contributed by atoms with Crippen LogP contribution in [0.2, 0.25) is 0 Å². The fourth-order valence-corrected chi connectivity index (χ4v) is 1.70. The number of carbonyl (C=O) groups excluding carboxylic acids is 2. The van der Waals surface area contributed by atoms with E-state index in [0.717, 1.165) is 4.90 Å². The van der Waals surface area contributed by atoms with Crippen molar-refractivity contribution in [3.8, 4) is 0 Å². The van der Waals surface area contributed by atoms with E-state index in [9.17, 15) is 14.4 Å². The Bertz CT molecular complexity index is 432. The van der Waals surface area contributed by atoms with Crippen molar-refractivity contribution >= 4 is 17.8 Å². The molecular formula is C14H21NO5. The second kappa shape index (κ2) is 5.75. The van der Waals surface area contributed by atoms with Crippen LogP contribution in [0, 0.1) is 5.41 Å². The quantitative estimate of drug-likeness (QED) is 0.710. The zero-order chi connectivity index (χ0) is 15.6. The van der Waals surface area contributed by atoms with E-state index in [1.54, 1.807) is 27.7 Å². The summed E-state index contributed by atoms with van der Waals surface area (Å²) in [6.07, 6.45) is 2.81. The van der Waals surface area contributed by atoms with Crippen LogP contribution in [0.1, 0.15) is 34.1 Å². The van der Waals surface area contributed by atoms with E-state index in [0.29, 0.717) is 6.42 Å². The third-order valence-electron chi connectivity index (χ3n) is 3.24. The van der Waals surface area contributed by atoms with Gasteiger partial charge in [0.05, 0.1) is 17.6 Å². The highest BCUT2D eigenvalue weighted by atomic mass is 16.5. The molecule has 2 amide bonds. The van der Waals surface area contributed by atoms with E-state index in [-0.39, 0.29) is 25.0 Å². The van der Waals surface area contributed by atoms with Crippen molar-refractivity contribution < 1.29 is 24.2 Å². The highest BCUT2D eigenvalue weighted by Crippen LogP contribution is 2.22. The minimum Gasteiger partial charge on any atom is -0.481 e. The van der Waals surface area contributed by atoms with Gasteiger partial charge in [-0.1, -0.05) is 0 Å². The van der Waals surface area contributed by atoms with Crippen LogP contribution in [-0.2, 0) is 19.1 Å². The van der Waals surface area contributed by atoms with Crippen molar-refractivity contribution in [3.05, 3.63) is 12.2 Å². The summed E-state index contributed by atoms with van der Waals surface area (Å²) in [5.74, 6) is -1.58. The van der Waals surface area contributed by atoms with Crippen molar-refractivity contribution in [2.24, 2.45) is 5.41 Å². The topological polar surface area (TPSA) is 83.9 Å². The van der Waals surface area contributed by atoms with Crippen LogP contribution in [0.5, 0.6) is 0 Å². The number of imide groups is 1. The van der Waals surface area contributed by atoms with Gasteiger partial charge >= 0.3 is 5.97 Å². The van der Waals surface area contributed by atoms with Gasteiger partial charge in [-0.15, -0.1) is 0 Å². The lowest BCUT2D eigenvalue weighted by Gasteiger charge is -2.30. The summed E-state index contributed by atoms with van der Waals surface area (Å²) in [4.78, 5) is 35.0. The maximum Gasteiger partial charge on any atom is 0.309 e. The van der Waals surface area contributed by atoms with E-state index >= 15 is 0 Å².